The molecule has 0 unspecified atom stereocenters. The summed E-state index contributed by atoms with van der Waals surface area (Å²) in [6, 6.07) is 8.00. The van der Waals surface area contributed by atoms with Crippen LogP contribution in [0.1, 0.15) is 11.3 Å². The van der Waals surface area contributed by atoms with E-state index in [9.17, 15) is 0 Å². The van der Waals surface area contributed by atoms with Gasteiger partial charge in [0, 0.05) is 7.05 Å². The molecule has 20 heavy (non-hydrogen) atoms. The Kier molecular flexibility index (Phi) is 3.15. The average Bonchev–Trinajstić information content (AvgIpc) is 2.90. The van der Waals surface area contributed by atoms with Gasteiger partial charge in [0.25, 0.3) is 0 Å². The third-order valence-corrected chi connectivity index (χ3v) is 4.14. The molecule has 0 spiro atoms. The molecule has 2 aromatic heterocycles. The second-order valence-corrected chi connectivity index (χ2v) is 5.88. The fourth-order valence-corrected chi connectivity index (χ4v) is 3.23. The van der Waals surface area contributed by atoms with E-state index in [1.165, 1.54) is 0 Å². The third kappa shape index (κ3) is 2.14. The van der Waals surface area contributed by atoms with Crippen molar-refractivity contribution < 1.29 is 0 Å². The van der Waals surface area contributed by atoms with Crippen LogP contribution in [0.3, 0.4) is 0 Å². The number of nitrogens with zero attached hydrogens (tertiary/aromatic N) is 3. The number of hydrogen-bond donors (Lipinski definition) is 2. The lowest BCUT2D eigenvalue weighted by molar-refractivity contribution is 0.765. The van der Waals surface area contributed by atoms with Crippen LogP contribution in [0.15, 0.2) is 24.3 Å². The fourth-order valence-electron chi connectivity index (χ4n) is 2.12. The first kappa shape index (κ1) is 13.0. The van der Waals surface area contributed by atoms with Crippen molar-refractivity contribution in [2.24, 2.45) is 12.8 Å². The van der Waals surface area contributed by atoms with Crippen molar-refractivity contribution in [1.29, 1.82) is 0 Å². The number of anilines is 2. The molecule has 2 heterocycles. The maximum absolute atomic E-state index is 5.78. The minimum Gasteiger partial charge on any atom is -0.389 e. The highest BCUT2D eigenvalue weighted by Gasteiger charge is 2.16. The number of rotatable bonds is 3. The summed E-state index contributed by atoms with van der Waals surface area (Å²) in [5, 5.41) is 8.42. The summed E-state index contributed by atoms with van der Waals surface area (Å²) in [6.45, 7) is 1.89. The zero-order valence-corrected chi connectivity index (χ0v) is 12.7. The Hall–Kier alpha value is -1.99. The molecule has 0 aliphatic carbocycles. The largest absolute Gasteiger partial charge is 0.389 e. The molecule has 5 nitrogen and oxygen atoms in total. The van der Waals surface area contributed by atoms with Gasteiger partial charge in [-0.15, -0.1) is 0 Å². The molecule has 0 atom stereocenters. The third-order valence-electron chi connectivity index (χ3n) is 2.99. The highest BCUT2D eigenvalue weighted by atomic mass is 32.1. The van der Waals surface area contributed by atoms with Gasteiger partial charge in [-0.25, -0.2) is 4.98 Å². The van der Waals surface area contributed by atoms with Crippen molar-refractivity contribution in [3.63, 3.8) is 0 Å². The van der Waals surface area contributed by atoms with Gasteiger partial charge in [-0.2, -0.15) is 5.10 Å². The minimum absolute atomic E-state index is 0.333. The van der Waals surface area contributed by atoms with Gasteiger partial charge in [0.15, 0.2) is 5.13 Å². The standard InChI is InChI=1S/C13H13N5S2/c1-7-10(11(14)19)12(18(2)17-7)16-13-15-8-5-3-4-6-9(8)20-13/h3-6H,1-2H3,(H2,14,19)(H,15,16). The van der Waals surface area contributed by atoms with E-state index >= 15 is 0 Å². The summed E-state index contributed by atoms with van der Waals surface area (Å²) in [6.07, 6.45) is 0. The van der Waals surface area contributed by atoms with Gasteiger partial charge in [-0.05, 0) is 19.1 Å². The molecule has 0 amide bonds. The van der Waals surface area contributed by atoms with Crippen LogP contribution < -0.4 is 11.1 Å². The van der Waals surface area contributed by atoms with Gasteiger partial charge in [0.05, 0.1) is 21.5 Å². The number of hydrogen-bond acceptors (Lipinski definition) is 5. The lowest BCUT2D eigenvalue weighted by Gasteiger charge is -2.05. The van der Waals surface area contributed by atoms with E-state index in [0.717, 1.165) is 32.4 Å². The van der Waals surface area contributed by atoms with Crippen LogP contribution >= 0.6 is 23.6 Å². The maximum atomic E-state index is 5.78. The predicted octanol–water partition coefficient (Wildman–Crippen LogP) is 2.72. The molecule has 0 saturated heterocycles. The van der Waals surface area contributed by atoms with Gasteiger partial charge in [0.2, 0.25) is 0 Å². The number of thiazole rings is 1. The van der Waals surface area contributed by atoms with E-state index in [1.807, 2.05) is 38.2 Å². The second kappa shape index (κ2) is 4.84. The van der Waals surface area contributed by atoms with Crippen LogP contribution in [0.4, 0.5) is 10.9 Å². The average molecular weight is 303 g/mol. The molecule has 0 fully saturated rings. The first-order chi connectivity index (χ1) is 9.56. The van der Waals surface area contributed by atoms with Crippen LogP contribution in [0.5, 0.6) is 0 Å². The topological polar surface area (TPSA) is 68.8 Å². The zero-order valence-electron chi connectivity index (χ0n) is 11.0. The molecule has 7 heteroatoms. The maximum Gasteiger partial charge on any atom is 0.189 e. The molecule has 0 radical (unpaired) electrons. The van der Waals surface area contributed by atoms with E-state index in [2.05, 4.69) is 15.4 Å². The number of thiocarbonyl (C=S) groups is 1. The lowest BCUT2D eigenvalue weighted by Crippen LogP contribution is -2.12. The molecule has 102 valence electrons. The summed E-state index contributed by atoms with van der Waals surface area (Å²) in [5.41, 5.74) is 8.32. The second-order valence-electron chi connectivity index (χ2n) is 4.41. The van der Waals surface area contributed by atoms with Crippen molar-refractivity contribution in [3.05, 3.63) is 35.5 Å². The van der Waals surface area contributed by atoms with E-state index in [1.54, 1.807) is 16.0 Å². The van der Waals surface area contributed by atoms with Crippen LogP contribution in [0.2, 0.25) is 0 Å². The highest BCUT2D eigenvalue weighted by molar-refractivity contribution is 7.80. The Morgan fingerprint density at radius 3 is 2.85 bits per heavy atom. The SMILES string of the molecule is Cc1nn(C)c(Nc2nc3ccccc3s2)c1C(N)=S. The Labute approximate surface area is 125 Å². The number of nitrogens with one attached hydrogen (secondary N) is 1. The molecular weight excluding hydrogens is 290 g/mol. The first-order valence-electron chi connectivity index (χ1n) is 6.02. The smallest absolute Gasteiger partial charge is 0.189 e. The molecule has 0 saturated carbocycles. The van der Waals surface area contributed by atoms with Crippen LogP contribution in [-0.2, 0) is 7.05 Å². The van der Waals surface area contributed by atoms with Crippen molar-refractivity contribution in [1.82, 2.24) is 14.8 Å². The normalized spacial score (nSPS) is 10.9. The van der Waals surface area contributed by atoms with Gasteiger partial charge in [-0.1, -0.05) is 35.7 Å². The molecule has 3 aromatic rings. The van der Waals surface area contributed by atoms with Crippen LogP contribution in [0, 0.1) is 6.92 Å². The van der Waals surface area contributed by atoms with E-state index < -0.39 is 0 Å². The van der Waals surface area contributed by atoms with Gasteiger partial charge >= 0.3 is 0 Å². The number of nitrogens with two attached hydrogens (primary N) is 1. The first-order valence-corrected chi connectivity index (χ1v) is 7.24. The quantitative estimate of drug-likeness (QED) is 0.728. The summed E-state index contributed by atoms with van der Waals surface area (Å²) < 4.78 is 2.86. The number of aromatic nitrogens is 3. The Bertz CT molecular complexity index is 769. The van der Waals surface area contributed by atoms with Crippen molar-refractivity contribution in [3.8, 4) is 0 Å². The number of para-hydroxylation sites is 1. The molecule has 0 bridgehead atoms. The summed E-state index contributed by atoms with van der Waals surface area (Å²) >= 11 is 6.68. The lowest BCUT2D eigenvalue weighted by atomic mass is 10.2. The molecule has 1 aromatic carbocycles. The molecular formula is C13H13N5S2. The number of fused-ring (bicyclic) bond motifs is 1. The van der Waals surface area contributed by atoms with Crippen molar-refractivity contribution >= 4 is 49.7 Å². The summed E-state index contributed by atoms with van der Waals surface area (Å²) in [4.78, 5) is 4.87. The molecule has 3 N–H and O–H groups in total. The number of aryl methyl sites for hydroxylation is 2. The highest BCUT2D eigenvalue weighted by Crippen LogP contribution is 2.29. The molecule has 0 aliphatic heterocycles. The Morgan fingerprint density at radius 1 is 1.40 bits per heavy atom. The van der Waals surface area contributed by atoms with Gasteiger partial charge < -0.3 is 11.1 Å². The summed E-state index contributed by atoms with van der Waals surface area (Å²) in [5.74, 6) is 0.772. The van der Waals surface area contributed by atoms with Crippen LogP contribution in [0.25, 0.3) is 10.2 Å². The van der Waals surface area contributed by atoms with Crippen LogP contribution in [-0.4, -0.2) is 19.8 Å². The number of benzene rings is 1. The molecule has 0 aliphatic rings. The van der Waals surface area contributed by atoms with Crippen molar-refractivity contribution in [2.45, 2.75) is 6.92 Å². The summed E-state index contributed by atoms with van der Waals surface area (Å²) in [7, 11) is 1.85. The monoisotopic (exact) mass is 303 g/mol. The van der Waals surface area contributed by atoms with Gasteiger partial charge in [0.1, 0.15) is 10.8 Å². The van der Waals surface area contributed by atoms with E-state index in [0.29, 0.717) is 4.99 Å². The predicted molar refractivity (Wildman–Crippen MR) is 86.7 cm³/mol. The molecule has 3 rings (SSSR count). The Morgan fingerprint density at radius 2 is 2.15 bits per heavy atom. The van der Waals surface area contributed by atoms with Crippen molar-refractivity contribution in [2.75, 3.05) is 5.32 Å². The Balaban J connectivity index is 2.04. The van der Waals surface area contributed by atoms with E-state index in [-0.39, 0.29) is 0 Å². The fraction of sp³-hybridized carbons (Fsp3) is 0.154. The van der Waals surface area contributed by atoms with Gasteiger partial charge in [-0.3, -0.25) is 4.68 Å². The minimum atomic E-state index is 0.333. The zero-order chi connectivity index (χ0) is 14.3. The van der Waals surface area contributed by atoms with E-state index in [4.69, 9.17) is 18.0 Å².